The molecule has 0 bridgehead atoms. The van der Waals surface area contributed by atoms with Crippen LogP contribution in [-0.4, -0.2) is 25.4 Å². The van der Waals surface area contributed by atoms with Crippen LogP contribution in [0.1, 0.15) is 12.5 Å². The number of benzene rings is 1. The largest absolute Gasteiger partial charge is 0.502 e. The van der Waals surface area contributed by atoms with Crippen LogP contribution in [0.3, 0.4) is 0 Å². The van der Waals surface area contributed by atoms with Gasteiger partial charge in [0.25, 0.3) is 0 Å². The Morgan fingerprint density at radius 2 is 2.00 bits per heavy atom. The molecule has 0 aliphatic carbocycles. The highest BCUT2D eigenvalue weighted by Crippen LogP contribution is 2.38. The molecule has 15 heavy (non-hydrogen) atoms. The summed E-state index contributed by atoms with van der Waals surface area (Å²) in [7, 11) is 3.01. The van der Waals surface area contributed by atoms with Crippen molar-refractivity contribution in [3.63, 3.8) is 0 Å². The molecule has 4 nitrogen and oxygen atoms in total. The molecule has 0 saturated heterocycles. The van der Waals surface area contributed by atoms with Gasteiger partial charge in [0.05, 0.1) is 14.2 Å². The van der Waals surface area contributed by atoms with Crippen LogP contribution in [0.25, 0.3) is 0 Å². The third-order valence-electron chi connectivity index (χ3n) is 2.14. The Kier molecular flexibility index (Phi) is 3.80. The van der Waals surface area contributed by atoms with Crippen LogP contribution in [0.5, 0.6) is 17.2 Å². The van der Waals surface area contributed by atoms with Gasteiger partial charge in [0.2, 0.25) is 5.75 Å². The quantitative estimate of drug-likeness (QED) is 0.787. The summed E-state index contributed by atoms with van der Waals surface area (Å²) in [6.07, 6.45) is 0.653. The minimum atomic E-state index is 0.0201. The Morgan fingerprint density at radius 1 is 1.33 bits per heavy atom. The van der Waals surface area contributed by atoms with Crippen molar-refractivity contribution < 1.29 is 14.6 Å². The van der Waals surface area contributed by atoms with Gasteiger partial charge in [-0.2, -0.15) is 0 Å². The van der Waals surface area contributed by atoms with E-state index >= 15 is 0 Å². The Hall–Kier alpha value is -1.42. The van der Waals surface area contributed by atoms with Crippen molar-refractivity contribution >= 4 is 0 Å². The minimum absolute atomic E-state index is 0.0201. The second-order valence-electron chi connectivity index (χ2n) is 3.49. The first-order valence-electron chi connectivity index (χ1n) is 4.78. The van der Waals surface area contributed by atoms with E-state index in [1.807, 2.05) is 13.0 Å². The molecule has 1 atom stereocenters. The molecule has 1 aromatic rings. The Morgan fingerprint density at radius 3 is 2.47 bits per heavy atom. The number of methoxy groups -OCH3 is 2. The third kappa shape index (κ3) is 2.53. The molecule has 0 radical (unpaired) electrons. The lowest BCUT2D eigenvalue weighted by Crippen LogP contribution is -2.18. The van der Waals surface area contributed by atoms with Crippen LogP contribution in [0.4, 0.5) is 0 Å². The highest BCUT2D eigenvalue weighted by atomic mass is 16.5. The van der Waals surface area contributed by atoms with Crippen LogP contribution in [0.15, 0.2) is 12.1 Å². The number of rotatable bonds is 4. The second-order valence-corrected chi connectivity index (χ2v) is 3.49. The number of phenols is 1. The van der Waals surface area contributed by atoms with E-state index in [1.165, 1.54) is 14.2 Å². The Balaban J connectivity index is 3.12. The topological polar surface area (TPSA) is 64.7 Å². The molecule has 0 spiro atoms. The van der Waals surface area contributed by atoms with Crippen LogP contribution < -0.4 is 15.2 Å². The zero-order valence-electron chi connectivity index (χ0n) is 9.28. The molecule has 0 amide bonds. The summed E-state index contributed by atoms with van der Waals surface area (Å²) in [5.41, 5.74) is 6.58. The van der Waals surface area contributed by atoms with Crippen molar-refractivity contribution in [1.82, 2.24) is 0 Å². The molecule has 0 heterocycles. The van der Waals surface area contributed by atoms with Crippen LogP contribution >= 0.6 is 0 Å². The summed E-state index contributed by atoms with van der Waals surface area (Å²) in [6.45, 7) is 1.90. The second kappa shape index (κ2) is 4.89. The summed E-state index contributed by atoms with van der Waals surface area (Å²) in [6, 6.07) is 3.57. The van der Waals surface area contributed by atoms with E-state index in [0.717, 1.165) is 5.56 Å². The van der Waals surface area contributed by atoms with E-state index in [1.54, 1.807) is 6.07 Å². The fourth-order valence-electron chi connectivity index (χ4n) is 1.49. The average Bonchev–Trinajstić information content (AvgIpc) is 2.18. The minimum Gasteiger partial charge on any atom is -0.502 e. The van der Waals surface area contributed by atoms with Crippen LogP contribution in [0, 0.1) is 0 Å². The van der Waals surface area contributed by atoms with Crippen LogP contribution in [-0.2, 0) is 6.42 Å². The van der Waals surface area contributed by atoms with E-state index in [9.17, 15) is 5.11 Å². The van der Waals surface area contributed by atoms with E-state index in [0.29, 0.717) is 17.9 Å². The fourth-order valence-corrected chi connectivity index (χ4v) is 1.49. The SMILES string of the molecule is COc1ccc(CC(C)N)c(OC)c1O. The molecule has 0 saturated carbocycles. The molecule has 0 fully saturated rings. The van der Waals surface area contributed by atoms with Gasteiger partial charge >= 0.3 is 0 Å². The third-order valence-corrected chi connectivity index (χ3v) is 2.14. The molecule has 4 heteroatoms. The number of nitrogens with two attached hydrogens (primary N) is 1. The molecule has 1 unspecified atom stereocenters. The van der Waals surface area contributed by atoms with Crippen molar-refractivity contribution in [2.75, 3.05) is 14.2 Å². The summed E-state index contributed by atoms with van der Waals surface area (Å²) >= 11 is 0. The standard InChI is InChI=1S/C11H17NO3/c1-7(12)6-8-4-5-9(14-2)10(13)11(8)15-3/h4-5,7,13H,6,12H2,1-3H3. The summed E-state index contributed by atoms with van der Waals surface area (Å²) in [5, 5.41) is 9.79. The highest BCUT2D eigenvalue weighted by Gasteiger charge is 2.14. The van der Waals surface area contributed by atoms with E-state index in [2.05, 4.69) is 0 Å². The summed E-state index contributed by atoms with van der Waals surface area (Å²) < 4.78 is 10.1. The first-order chi connectivity index (χ1) is 7.10. The summed E-state index contributed by atoms with van der Waals surface area (Å²) in [4.78, 5) is 0. The van der Waals surface area contributed by atoms with Gasteiger partial charge in [0.15, 0.2) is 11.5 Å². The van der Waals surface area contributed by atoms with E-state index in [-0.39, 0.29) is 11.8 Å². The molecule has 84 valence electrons. The molecular weight excluding hydrogens is 194 g/mol. The zero-order chi connectivity index (χ0) is 11.4. The molecule has 0 aliphatic heterocycles. The van der Waals surface area contributed by atoms with Gasteiger partial charge in [0.1, 0.15) is 0 Å². The molecule has 3 N–H and O–H groups in total. The predicted molar refractivity (Wildman–Crippen MR) is 58.6 cm³/mol. The first-order valence-corrected chi connectivity index (χ1v) is 4.78. The Labute approximate surface area is 89.6 Å². The van der Waals surface area contributed by atoms with Gasteiger partial charge in [0, 0.05) is 6.04 Å². The van der Waals surface area contributed by atoms with Crippen LogP contribution in [0.2, 0.25) is 0 Å². The smallest absolute Gasteiger partial charge is 0.201 e. The van der Waals surface area contributed by atoms with Gasteiger partial charge in [-0.25, -0.2) is 0 Å². The van der Waals surface area contributed by atoms with Crippen molar-refractivity contribution in [2.24, 2.45) is 5.73 Å². The number of hydrogen-bond acceptors (Lipinski definition) is 4. The maximum absolute atomic E-state index is 9.79. The number of ether oxygens (including phenoxy) is 2. The van der Waals surface area contributed by atoms with Crippen molar-refractivity contribution in [1.29, 1.82) is 0 Å². The van der Waals surface area contributed by atoms with Gasteiger partial charge < -0.3 is 20.3 Å². The van der Waals surface area contributed by atoms with E-state index < -0.39 is 0 Å². The van der Waals surface area contributed by atoms with Crippen molar-refractivity contribution in [3.8, 4) is 17.2 Å². The maximum Gasteiger partial charge on any atom is 0.201 e. The number of phenolic OH excluding ortho intramolecular Hbond substituents is 1. The molecule has 0 aromatic heterocycles. The number of hydrogen-bond donors (Lipinski definition) is 2. The first kappa shape index (κ1) is 11.7. The molecule has 1 aromatic carbocycles. The zero-order valence-corrected chi connectivity index (χ0v) is 9.28. The molecule has 0 aliphatic rings. The lowest BCUT2D eigenvalue weighted by atomic mass is 10.1. The van der Waals surface area contributed by atoms with E-state index in [4.69, 9.17) is 15.2 Å². The average molecular weight is 211 g/mol. The monoisotopic (exact) mass is 211 g/mol. The fraction of sp³-hybridized carbons (Fsp3) is 0.455. The lowest BCUT2D eigenvalue weighted by molar-refractivity contribution is 0.337. The van der Waals surface area contributed by atoms with Gasteiger partial charge in [-0.3, -0.25) is 0 Å². The van der Waals surface area contributed by atoms with Crippen molar-refractivity contribution in [2.45, 2.75) is 19.4 Å². The lowest BCUT2D eigenvalue weighted by Gasteiger charge is -2.14. The Bertz CT molecular complexity index is 337. The number of aromatic hydroxyl groups is 1. The summed E-state index contributed by atoms with van der Waals surface area (Å²) in [5.74, 6) is 0.866. The molecular formula is C11H17NO3. The molecule has 1 rings (SSSR count). The van der Waals surface area contributed by atoms with Crippen molar-refractivity contribution in [3.05, 3.63) is 17.7 Å². The maximum atomic E-state index is 9.79. The van der Waals surface area contributed by atoms with Gasteiger partial charge in [-0.15, -0.1) is 0 Å². The highest BCUT2D eigenvalue weighted by molar-refractivity contribution is 5.54. The van der Waals surface area contributed by atoms with Gasteiger partial charge in [-0.05, 0) is 25.0 Å². The predicted octanol–water partition coefficient (Wildman–Crippen LogP) is 1.30. The normalized spacial score (nSPS) is 12.3. The van der Waals surface area contributed by atoms with Gasteiger partial charge in [-0.1, -0.05) is 6.07 Å².